The molecule has 0 spiro atoms. The zero-order valence-electron chi connectivity index (χ0n) is 24.1. The standard InChI is InChI=1S/C30H38FN9O2/c1-18-12-28(40-39-18)37-27-13-22(10-11-33-3)25(17-41)29(38-27)20-4-6-21(7-5-20)30(42)36-19(2)23-8-9-26(34-15-23)35-16-24(31)14-32/h8-9,12-17,19-21,32-33H,4-7,10-11H2,1-3H3,(H,34,35)(H,36,42)(H2,37,38,39,40)/b24-16+,32-14?. The van der Waals surface area contributed by atoms with E-state index in [0.29, 0.717) is 48.5 Å². The van der Waals surface area contributed by atoms with Gasteiger partial charge in [0, 0.05) is 41.6 Å². The molecule has 12 heteroatoms. The summed E-state index contributed by atoms with van der Waals surface area (Å²) in [6.07, 6.45) is 7.76. The number of halogens is 1. The fourth-order valence-corrected chi connectivity index (χ4v) is 5.20. The Labute approximate surface area is 244 Å². The van der Waals surface area contributed by atoms with E-state index in [9.17, 15) is 14.0 Å². The normalized spacial score (nSPS) is 17.8. The van der Waals surface area contributed by atoms with Gasteiger partial charge in [0.25, 0.3) is 0 Å². The number of aromatic nitrogens is 4. The van der Waals surface area contributed by atoms with E-state index in [4.69, 9.17) is 10.4 Å². The Kier molecular flexibility index (Phi) is 10.5. The van der Waals surface area contributed by atoms with E-state index in [-0.39, 0.29) is 23.8 Å². The number of amides is 1. The zero-order valence-corrected chi connectivity index (χ0v) is 24.1. The van der Waals surface area contributed by atoms with Crippen molar-refractivity contribution in [2.75, 3.05) is 24.2 Å². The largest absolute Gasteiger partial charge is 0.349 e. The van der Waals surface area contributed by atoms with Crippen LogP contribution in [0.3, 0.4) is 0 Å². The van der Waals surface area contributed by atoms with Crippen molar-refractivity contribution >= 4 is 35.9 Å². The number of hydrogen-bond donors (Lipinski definition) is 6. The van der Waals surface area contributed by atoms with Crippen LogP contribution in [0.15, 0.2) is 42.5 Å². The highest BCUT2D eigenvalue weighted by atomic mass is 19.1. The van der Waals surface area contributed by atoms with Crippen molar-refractivity contribution in [3.63, 3.8) is 0 Å². The highest BCUT2D eigenvalue weighted by Crippen LogP contribution is 2.38. The van der Waals surface area contributed by atoms with Gasteiger partial charge >= 0.3 is 0 Å². The molecule has 0 aliphatic heterocycles. The van der Waals surface area contributed by atoms with Crippen LogP contribution in [-0.4, -0.2) is 52.2 Å². The van der Waals surface area contributed by atoms with E-state index in [0.717, 1.165) is 54.4 Å². The summed E-state index contributed by atoms with van der Waals surface area (Å²) in [4.78, 5) is 34.5. The number of allylic oxidation sites excluding steroid dienone is 1. The van der Waals surface area contributed by atoms with Gasteiger partial charge in [0.15, 0.2) is 17.9 Å². The molecule has 1 aliphatic rings. The minimum absolute atomic E-state index is 0.0123. The Morgan fingerprint density at radius 2 is 1.98 bits per heavy atom. The number of aromatic amines is 1. The van der Waals surface area contributed by atoms with E-state index >= 15 is 0 Å². The summed E-state index contributed by atoms with van der Waals surface area (Å²) in [5, 5.41) is 26.2. The third-order valence-corrected chi connectivity index (χ3v) is 7.52. The molecule has 6 N–H and O–H groups in total. The predicted molar refractivity (Wildman–Crippen MR) is 161 cm³/mol. The molecule has 1 fully saturated rings. The molecule has 0 saturated heterocycles. The van der Waals surface area contributed by atoms with Crippen molar-refractivity contribution in [2.45, 2.75) is 57.9 Å². The molecule has 1 amide bonds. The van der Waals surface area contributed by atoms with Crippen LogP contribution < -0.4 is 21.3 Å². The predicted octanol–water partition coefficient (Wildman–Crippen LogP) is 4.85. The molecular weight excluding hydrogens is 537 g/mol. The van der Waals surface area contributed by atoms with Crippen LogP contribution in [0.5, 0.6) is 0 Å². The molecule has 1 atom stereocenters. The molecule has 42 heavy (non-hydrogen) atoms. The topological polar surface area (TPSA) is 161 Å². The number of pyridine rings is 2. The summed E-state index contributed by atoms with van der Waals surface area (Å²) in [6, 6.07) is 7.06. The Hall–Kier alpha value is -4.45. The van der Waals surface area contributed by atoms with E-state index in [1.165, 1.54) is 0 Å². The van der Waals surface area contributed by atoms with Gasteiger partial charge in [-0.25, -0.2) is 14.4 Å². The second-order valence-electron chi connectivity index (χ2n) is 10.6. The summed E-state index contributed by atoms with van der Waals surface area (Å²) < 4.78 is 13.1. The maximum atomic E-state index is 13.1. The molecule has 1 aliphatic carbocycles. The molecule has 3 aromatic heterocycles. The number of nitrogens with one attached hydrogen (secondary N) is 6. The van der Waals surface area contributed by atoms with Gasteiger partial charge in [-0.1, -0.05) is 6.07 Å². The van der Waals surface area contributed by atoms with Crippen LogP contribution in [0.4, 0.5) is 21.8 Å². The third kappa shape index (κ3) is 7.84. The summed E-state index contributed by atoms with van der Waals surface area (Å²) in [6.45, 7) is 4.55. The first-order valence-electron chi connectivity index (χ1n) is 14.1. The van der Waals surface area contributed by atoms with Crippen LogP contribution in [0.2, 0.25) is 0 Å². The van der Waals surface area contributed by atoms with Crippen molar-refractivity contribution in [2.24, 2.45) is 5.92 Å². The maximum Gasteiger partial charge on any atom is 0.223 e. The number of H-pyrrole nitrogens is 1. The van der Waals surface area contributed by atoms with Gasteiger partial charge in [-0.15, -0.1) is 0 Å². The number of aryl methyl sites for hydroxylation is 1. The van der Waals surface area contributed by atoms with Crippen LogP contribution in [-0.2, 0) is 11.2 Å². The lowest BCUT2D eigenvalue weighted by atomic mass is 9.78. The van der Waals surface area contributed by atoms with E-state index in [2.05, 4.69) is 36.4 Å². The van der Waals surface area contributed by atoms with Gasteiger partial charge in [-0.05, 0) is 82.8 Å². The average Bonchev–Trinajstić information content (AvgIpc) is 3.42. The summed E-state index contributed by atoms with van der Waals surface area (Å²) in [5.41, 5.74) is 4.09. The quantitative estimate of drug-likeness (QED) is 0.125. The Bertz CT molecular complexity index is 1410. The first-order valence-corrected chi connectivity index (χ1v) is 14.1. The van der Waals surface area contributed by atoms with Crippen LogP contribution in [0, 0.1) is 18.3 Å². The second-order valence-corrected chi connectivity index (χ2v) is 10.6. The Morgan fingerprint density at radius 1 is 1.19 bits per heavy atom. The number of nitrogens with zero attached hydrogens (tertiary/aromatic N) is 3. The molecule has 222 valence electrons. The van der Waals surface area contributed by atoms with Crippen molar-refractivity contribution in [1.29, 1.82) is 5.41 Å². The zero-order chi connectivity index (χ0) is 30.1. The number of carbonyl (C=O) groups excluding carboxylic acids is 2. The number of aldehydes is 1. The van der Waals surface area contributed by atoms with E-state index in [1.54, 1.807) is 12.3 Å². The van der Waals surface area contributed by atoms with Gasteiger partial charge in [0.05, 0.1) is 18.0 Å². The fourth-order valence-electron chi connectivity index (χ4n) is 5.20. The molecule has 1 unspecified atom stereocenters. The molecule has 3 aromatic rings. The van der Waals surface area contributed by atoms with Crippen LogP contribution in [0.1, 0.15) is 77.4 Å². The molecule has 3 heterocycles. The molecule has 0 aromatic carbocycles. The van der Waals surface area contributed by atoms with Gasteiger partial charge in [0.1, 0.15) is 11.6 Å². The lowest BCUT2D eigenvalue weighted by Crippen LogP contribution is -2.34. The van der Waals surface area contributed by atoms with Gasteiger partial charge in [0.2, 0.25) is 5.91 Å². The molecule has 0 bridgehead atoms. The minimum atomic E-state index is -0.711. The van der Waals surface area contributed by atoms with Crippen molar-refractivity contribution in [3.05, 3.63) is 70.6 Å². The number of likely N-dealkylation sites (N-methyl/N-ethyl adjacent to an activating group) is 1. The minimum Gasteiger partial charge on any atom is -0.349 e. The van der Waals surface area contributed by atoms with E-state index < -0.39 is 5.83 Å². The van der Waals surface area contributed by atoms with Crippen molar-refractivity contribution < 1.29 is 14.0 Å². The second kappa shape index (κ2) is 14.4. The van der Waals surface area contributed by atoms with Crippen LogP contribution in [0.25, 0.3) is 0 Å². The molecule has 1 saturated carbocycles. The van der Waals surface area contributed by atoms with Crippen molar-refractivity contribution in [3.8, 4) is 0 Å². The third-order valence-electron chi connectivity index (χ3n) is 7.52. The van der Waals surface area contributed by atoms with Gasteiger partial charge in [-0.2, -0.15) is 5.10 Å². The lowest BCUT2D eigenvalue weighted by molar-refractivity contribution is -0.126. The Balaban J connectivity index is 1.40. The Morgan fingerprint density at radius 3 is 2.60 bits per heavy atom. The SMILES string of the molecule is CNCCc1cc(Nc2cc(C)[nH]n2)nc(C2CCC(C(=O)NC(C)c3ccc(N/C=C(/F)C=N)nc3)CC2)c1C=O. The van der Waals surface area contributed by atoms with Crippen LogP contribution >= 0.6 is 0 Å². The fraction of sp³-hybridized carbons (Fsp3) is 0.400. The van der Waals surface area contributed by atoms with E-state index in [1.807, 2.05) is 39.1 Å². The number of rotatable bonds is 13. The molecular formula is C30H38FN9O2. The number of anilines is 3. The molecule has 0 radical (unpaired) electrons. The smallest absolute Gasteiger partial charge is 0.223 e. The first kappa shape index (κ1) is 30.5. The summed E-state index contributed by atoms with van der Waals surface area (Å²) in [5.74, 6) is 0.950. The highest BCUT2D eigenvalue weighted by Gasteiger charge is 2.30. The highest BCUT2D eigenvalue weighted by molar-refractivity contribution is 5.81. The number of carbonyl (C=O) groups is 2. The van der Waals surface area contributed by atoms with Gasteiger partial charge in [-0.3, -0.25) is 14.7 Å². The lowest BCUT2D eigenvalue weighted by Gasteiger charge is -2.29. The first-order chi connectivity index (χ1) is 20.3. The molecule has 11 nitrogen and oxygen atoms in total. The summed E-state index contributed by atoms with van der Waals surface area (Å²) in [7, 11) is 1.88. The van der Waals surface area contributed by atoms with Crippen molar-refractivity contribution in [1.82, 2.24) is 30.8 Å². The molecule has 4 rings (SSSR count). The average molecular weight is 576 g/mol. The maximum absolute atomic E-state index is 13.1. The van der Waals surface area contributed by atoms with Gasteiger partial charge < -0.3 is 26.7 Å². The number of hydrogen-bond acceptors (Lipinski definition) is 9. The monoisotopic (exact) mass is 575 g/mol. The summed E-state index contributed by atoms with van der Waals surface area (Å²) >= 11 is 0.